The Morgan fingerprint density at radius 2 is 0.780 bits per heavy atom. The lowest BCUT2D eigenvalue weighted by Crippen LogP contribution is -2.17. The van der Waals surface area contributed by atoms with Crippen molar-refractivity contribution in [2.24, 2.45) is 0 Å². The van der Waals surface area contributed by atoms with E-state index >= 15 is 0 Å². The number of aryl methyl sites for hydroxylation is 1. The molecule has 0 amide bonds. The molecule has 0 aliphatic carbocycles. The van der Waals surface area contributed by atoms with Crippen LogP contribution >= 0.6 is 23.2 Å². The average molecular weight is 1170 g/mol. The molecule has 82 heavy (non-hydrogen) atoms. The van der Waals surface area contributed by atoms with Crippen LogP contribution in [-0.4, -0.2) is 67.5 Å². The fourth-order valence-electron chi connectivity index (χ4n) is 7.67. The minimum absolute atomic E-state index is 0.0281. The Morgan fingerprint density at radius 1 is 0.451 bits per heavy atom. The molecule has 0 saturated carbocycles. The van der Waals surface area contributed by atoms with Gasteiger partial charge in [-0.25, -0.2) is 29.3 Å². The van der Waals surface area contributed by atoms with Crippen LogP contribution in [0.5, 0.6) is 17.2 Å². The summed E-state index contributed by atoms with van der Waals surface area (Å²) in [6, 6.07) is 43.3. The third-order valence-corrected chi connectivity index (χ3v) is 11.9. The highest BCUT2D eigenvalue weighted by atomic mass is 35.5. The lowest BCUT2D eigenvalue weighted by Gasteiger charge is -2.13. The van der Waals surface area contributed by atoms with Gasteiger partial charge in [-0.2, -0.15) is 0 Å². The second-order valence-electron chi connectivity index (χ2n) is 17.0. The van der Waals surface area contributed by atoms with Gasteiger partial charge in [0, 0.05) is 24.3 Å². The van der Waals surface area contributed by atoms with Gasteiger partial charge in [0.25, 0.3) is 0 Å². The van der Waals surface area contributed by atoms with Crippen molar-refractivity contribution in [3.8, 4) is 50.6 Å². The van der Waals surface area contributed by atoms with Crippen molar-refractivity contribution in [1.29, 1.82) is 0 Å². The predicted molar refractivity (Wildman–Crippen MR) is 298 cm³/mol. The highest BCUT2D eigenvalue weighted by Gasteiger charge is 2.32. The van der Waals surface area contributed by atoms with E-state index in [0.717, 1.165) is 22.4 Å². The molecule has 0 radical (unpaired) electrons. The van der Waals surface area contributed by atoms with Crippen LogP contribution in [0.3, 0.4) is 0 Å². The topological polar surface area (TPSA) is 214 Å². The number of carboxylic acid groups (broad SMARTS) is 3. The number of ether oxygens (including phenoxy) is 3. The molecule has 0 spiro atoms. The molecule has 23 heteroatoms. The number of carboxylic acids is 3. The zero-order valence-electron chi connectivity index (χ0n) is 42.7. The second-order valence-corrected chi connectivity index (χ2v) is 17.8. The largest absolute Gasteiger partial charge is 0.573 e. The van der Waals surface area contributed by atoms with Gasteiger partial charge in [-0.05, 0) is 162 Å². The van der Waals surface area contributed by atoms with Crippen molar-refractivity contribution >= 4 is 75.6 Å². The molecule has 3 heterocycles. The van der Waals surface area contributed by atoms with E-state index in [1.165, 1.54) is 85.3 Å². The summed E-state index contributed by atoms with van der Waals surface area (Å²) in [5.74, 6) is -2.60. The number of pyridine rings is 3. The number of nitrogens with zero attached hydrogens (tertiary/aromatic N) is 3. The van der Waals surface area contributed by atoms with Crippen LogP contribution in [0.2, 0.25) is 10.0 Å². The summed E-state index contributed by atoms with van der Waals surface area (Å²) in [4.78, 5) is 46.0. The van der Waals surface area contributed by atoms with Gasteiger partial charge in [0.15, 0.2) is 0 Å². The molecule has 0 fully saturated rings. The molecule has 9 aromatic rings. The summed E-state index contributed by atoms with van der Waals surface area (Å²) >= 11 is 12.7. The van der Waals surface area contributed by atoms with Gasteiger partial charge >= 0.3 is 30.6 Å². The fraction of sp³-hybridized carbons (Fsp3) is 0.0847. The zero-order valence-corrected chi connectivity index (χ0v) is 44.2. The predicted octanol–water partition coefficient (Wildman–Crippen LogP) is 16.4. The number of aromatic carboxylic acids is 3. The minimum Gasteiger partial charge on any atom is -0.494 e. The number of alkyl halides is 6. The number of benzene rings is 6. The molecule has 0 unspecified atom stereocenters. The van der Waals surface area contributed by atoms with Crippen LogP contribution < -0.4 is 30.2 Å². The van der Waals surface area contributed by atoms with E-state index in [4.69, 9.17) is 27.9 Å². The minimum atomic E-state index is -4.78. The fourth-order valence-corrected chi connectivity index (χ4v) is 8.12. The Bertz CT molecular complexity index is 3590. The molecule has 0 aliphatic heterocycles. The molecule has 0 saturated heterocycles. The lowest BCUT2D eigenvalue weighted by molar-refractivity contribution is -0.275. The number of rotatable bonds is 16. The number of anilines is 6. The molecular weight excluding hydrogens is 1120 g/mol. The Balaban J connectivity index is 0.000000177. The van der Waals surface area contributed by atoms with Crippen molar-refractivity contribution in [2.45, 2.75) is 26.6 Å². The second kappa shape index (κ2) is 26.9. The Hall–Kier alpha value is -9.86. The van der Waals surface area contributed by atoms with Gasteiger partial charge in [-0.3, -0.25) is 0 Å². The zero-order chi connectivity index (χ0) is 59.1. The van der Waals surface area contributed by atoms with Gasteiger partial charge in [0.05, 0.1) is 28.0 Å². The maximum absolute atomic E-state index is 12.4. The molecule has 3 aromatic heterocycles. The number of hydrogen-bond acceptors (Lipinski definition) is 12. The summed E-state index contributed by atoms with van der Waals surface area (Å²) < 4.78 is 87.8. The number of nitrogens with one attached hydrogen (secondary N) is 3. The highest BCUT2D eigenvalue weighted by Crippen LogP contribution is 2.36. The molecule has 15 nitrogen and oxygen atoms in total. The van der Waals surface area contributed by atoms with Gasteiger partial charge in [0.2, 0.25) is 0 Å². The van der Waals surface area contributed by atoms with Crippen LogP contribution in [0.15, 0.2) is 182 Å². The normalized spacial score (nSPS) is 10.9. The first-order valence-electron chi connectivity index (χ1n) is 24.1. The SMILES string of the molecule is CCOc1cccc(-c2ccc(Nc3ncccc3C(=O)O)c(Cl)c2)c1.Cc1cc(-c2cccc(OC(F)(F)F)c2)ccc1Nc1ncccc1C(=O)O.O=C(O)c1cccnc1Nc1ccc(-c2cccc(OC(F)(F)F)c2)cc1Cl. The molecule has 0 aliphatic rings. The van der Waals surface area contributed by atoms with Gasteiger partial charge in [-0.15, -0.1) is 26.3 Å². The number of hydrogen-bond donors (Lipinski definition) is 6. The van der Waals surface area contributed by atoms with Crippen molar-refractivity contribution < 1.29 is 70.3 Å². The third kappa shape index (κ3) is 16.8. The van der Waals surface area contributed by atoms with Crippen LogP contribution in [0.1, 0.15) is 43.6 Å². The lowest BCUT2D eigenvalue weighted by atomic mass is 10.0. The van der Waals surface area contributed by atoms with Crippen molar-refractivity contribution in [3.63, 3.8) is 0 Å². The number of carbonyl (C=O) groups is 3. The molecule has 0 atom stereocenters. The van der Waals surface area contributed by atoms with E-state index in [9.17, 15) is 56.0 Å². The van der Waals surface area contributed by atoms with Crippen molar-refractivity contribution in [2.75, 3.05) is 22.6 Å². The molecular formula is C59H44Cl2F6N6O9. The summed E-state index contributed by atoms with van der Waals surface area (Å²) in [6.07, 6.45) is -5.11. The van der Waals surface area contributed by atoms with E-state index in [-0.39, 0.29) is 50.7 Å². The summed E-state index contributed by atoms with van der Waals surface area (Å²) in [5.41, 5.74) is 6.65. The van der Waals surface area contributed by atoms with Crippen molar-refractivity contribution in [3.05, 3.63) is 215 Å². The number of halogens is 8. The molecule has 420 valence electrons. The smallest absolute Gasteiger partial charge is 0.494 e. The monoisotopic (exact) mass is 1160 g/mol. The molecule has 9 rings (SSSR count). The first-order valence-corrected chi connectivity index (χ1v) is 24.8. The summed E-state index contributed by atoms with van der Waals surface area (Å²) in [7, 11) is 0. The Morgan fingerprint density at radius 3 is 1.12 bits per heavy atom. The van der Waals surface area contributed by atoms with Gasteiger partial charge < -0.3 is 45.5 Å². The molecule has 6 N–H and O–H groups in total. The maximum Gasteiger partial charge on any atom is 0.573 e. The van der Waals surface area contributed by atoms with E-state index in [0.29, 0.717) is 50.9 Å². The van der Waals surface area contributed by atoms with Crippen molar-refractivity contribution in [1.82, 2.24) is 15.0 Å². The maximum atomic E-state index is 12.4. The quantitative estimate of drug-likeness (QED) is 0.0497. The van der Waals surface area contributed by atoms with Crippen LogP contribution in [0.25, 0.3) is 33.4 Å². The molecule has 0 bridgehead atoms. The average Bonchev–Trinajstić information content (AvgIpc) is 3.55. The van der Waals surface area contributed by atoms with Crippen LogP contribution in [0.4, 0.5) is 60.9 Å². The number of aromatic nitrogens is 3. The third-order valence-electron chi connectivity index (χ3n) is 11.3. The highest BCUT2D eigenvalue weighted by molar-refractivity contribution is 6.34. The van der Waals surface area contributed by atoms with E-state index < -0.39 is 30.6 Å². The van der Waals surface area contributed by atoms with Crippen LogP contribution in [0, 0.1) is 6.92 Å². The van der Waals surface area contributed by atoms with E-state index in [1.807, 2.05) is 43.3 Å². The Kier molecular flexibility index (Phi) is 19.6. The molecule has 6 aromatic carbocycles. The van der Waals surface area contributed by atoms with Gasteiger partial charge in [-0.1, -0.05) is 77.8 Å². The van der Waals surface area contributed by atoms with E-state index in [2.05, 4.69) is 40.4 Å². The first-order chi connectivity index (χ1) is 39.0. The van der Waals surface area contributed by atoms with E-state index in [1.54, 1.807) is 67.6 Å². The first kappa shape index (κ1) is 59.8. The van der Waals surface area contributed by atoms with Gasteiger partial charge in [0.1, 0.15) is 51.4 Å². The van der Waals surface area contributed by atoms with Crippen LogP contribution in [-0.2, 0) is 0 Å². The summed E-state index contributed by atoms with van der Waals surface area (Å²) in [6.45, 7) is 4.33. The Labute approximate surface area is 473 Å². The summed E-state index contributed by atoms with van der Waals surface area (Å²) in [5, 5.41) is 37.2. The standard InChI is InChI=1S/C20H17ClN2O3.C20H15F3N2O3.C19H12ClF3N2O3/c1-2-26-15-6-3-5-13(11-15)14-8-9-18(17(21)12-14)23-19-16(20(24)25)7-4-10-22-19;1-12-10-14(13-4-2-5-15(11-13)28-20(21,22)23)7-8-17(12)25-18-16(19(26)27)6-3-9-24-18;20-15-10-12(11-3-1-4-13(9-11)28-19(21,22)23)6-7-16(15)25-17-14(18(26)27)5-2-8-24-17/h3-12H,2H2,1H3,(H,22,23)(H,24,25);2-11H,1H3,(H,24,25)(H,26,27);1-10H,(H,24,25)(H,26,27).